The Morgan fingerprint density at radius 1 is 1.13 bits per heavy atom. The van der Waals surface area contributed by atoms with Gasteiger partial charge in [0.1, 0.15) is 0 Å². The molecule has 0 heterocycles. The highest BCUT2D eigenvalue weighted by atomic mass is 16.3. The van der Waals surface area contributed by atoms with Gasteiger partial charge in [0, 0.05) is 19.6 Å². The number of nitrogens with one attached hydrogen (secondary N) is 1. The van der Waals surface area contributed by atoms with Gasteiger partial charge in [-0.1, -0.05) is 56.3 Å². The Balaban J connectivity index is 1.76. The zero-order chi connectivity index (χ0) is 16.7. The smallest absolute Gasteiger partial charge is 0.220 e. The summed E-state index contributed by atoms with van der Waals surface area (Å²) in [5.41, 5.74) is 1.22. The first-order chi connectivity index (χ1) is 11.0. The molecule has 0 aromatic heterocycles. The van der Waals surface area contributed by atoms with Gasteiger partial charge in [-0.05, 0) is 41.0 Å². The Kier molecular flexibility index (Phi) is 6.17. The number of amides is 1. The fourth-order valence-corrected chi connectivity index (χ4v) is 2.66. The molecule has 2 rings (SSSR count). The Morgan fingerprint density at radius 3 is 2.61 bits per heavy atom. The lowest BCUT2D eigenvalue weighted by atomic mass is 9.90. The maximum absolute atomic E-state index is 11.9. The second-order valence-electron chi connectivity index (χ2n) is 6.95. The summed E-state index contributed by atoms with van der Waals surface area (Å²) in [7, 11) is 0. The second-order valence-corrected chi connectivity index (χ2v) is 6.95. The summed E-state index contributed by atoms with van der Waals surface area (Å²) < 4.78 is 0. The van der Waals surface area contributed by atoms with Crippen molar-refractivity contribution in [3.63, 3.8) is 0 Å². The molecule has 0 radical (unpaired) electrons. The summed E-state index contributed by atoms with van der Waals surface area (Å²) in [6.07, 6.45) is 3.01. The third kappa shape index (κ3) is 5.68. The molecule has 2 aromatic rings. The lowest BCUT2D eigenvalue weighted by Gasteiger charge is -2.23. The van der Waals surface area contributed by atoms with E-state index in [4.69, 9.17) is 5.11 Å². The van der Waals surface area contributed by atoms with Gasteiger partial charge in [0.2, 0.25) is 5.91 Å². The van der Waals surface area contributed by atoms with Gasteiger partial charge in [0.05, 0.1) is 0 Å². The minimum atomic E-state index is -0.0528. The highest BCUT2D eigenvalue weighted by molar-refractivity contribution is 5.83. The molecule has 0 saturated heterocycles. The van der Waals surface area contributed by atoms with Crippen LogP contribution in [-0.4, -0.2) is 24.2 Å². The molecule has 0 fully saturated rings. The predicted molar refractivity (Wildman–Crippen MR) is 95.4 cm³/mol. The number of aliphatic hydroxyl groups excluding tert-OH is 1. The van der Waals surface area contributed by atoms with Crippen LogP contribution in [0.25, 0.3) is 10.8 Å². The minimum Gasteiger partial charge on any atom is -0.396 e. The first-order valence-corrected chi connectivity index (χ1v) is 8.35. The normalized spacial score (nSPS) is 11.6. The van der Waals surface area contributed by atoms with Gasteiger partial charge in [0.25, 0.3) is 0 Å². The largest absolute Gasteiger partial charge is 0.396 e. The lowest BCUT2D eigenvalue weighted by Crippen LogP contribution is -2.34. The average Bonchev–Trinajstić information content (AvgIpc) is 2.53. The molecule has 0 aliphatic carbocycles. The Labute approximate surface area is 138 Å². The van der Waals surface area contributed by atoms with Crippen LogP contribution in [0.3, 0.4) is 0 Å². The van der Waals surface area contributed by atoms with Crippen LogP contribution in [0, 0.1) is 5.41 Å². The van der Waals surface area contributed by atoms with Gasteiger partial charge in [0.15, 0.2) is 0 Å². The van der Waals surface area contributed by atoms with Gasteiger partial charge in [-0.15, -0.1) is 0 Å². The van der Waals surface area contributed by atoms with E-state index in [-0.39, 0.29) is 17.9 Å². The van der Waals surface area contributed by atoms with Gasteiger partial charge in [-0.2, -0.15) is 0 Å². The summed E-state index contributed by atoms with van der Waals surface area (Å²) in [5, 5.41) is 14.5. The van der Waals surface area contributed by atoms with E-state index in [1.54, 1.807) is 0 Å². The predicted octanol–water partition coefficient (Wildman–Crippen LogP) is 3.69. The van der Waals surface area contributed by atoms with Crippen molar-refractivity contribution in [1.82, 2.24) is 5.32 Å². The van der Waals surface area contributed by atoms with Crippen LogP contribution in [0.1, 0.15) is 38.7 Å². The maximum atomic E-state index is 11.9. The van der Waals surface area contributed by atoms with Crippen LogP contribution in [0.15, 0.2) is 42.5 Å². The van der Waals surface area contributed by atoms with Crippen molar-refractivity contribution >= 4 is 16.7 Å². The first-order valence-electron chi connectivity index (χ1n) is 8.35. The SMILES string of the molecule is CC(C)(CCO)CNC(=O)CCCc1ccc2ccccc2c1. The molecule has 2 aromatic carbocycles. The molecule has 0 unspecified atom stereocenters. The lowest BCUT2D eigenvalue weighted by molar-refractivity contribution is -0.121. The van der Waals surface area contributed by atoms with E-state index in [1.807, 2.05) is 12.1 Å². The molecule has 1 amide bonds. The summed E-state index contributed by atoms with van der Waals surface area (Å²) in [6.45, 7) is 4.88. The molecule has 3 heteroatoms. The standard InChI is InChI=1S/C20H27NO2/c1-20(2,12-13-22)15-21-19(23)9-5-6-16-10-11-17-7-3-4-8-18(17)14-16/h3-4,7-8,10-11,14,22H,5-6,9,12-13,15H2,1-2H3,(H,21,23). The van der Waals surface area contributed by atoms with Gasteiger partial charge >= 0.3 is 0 Å². The zero-order valence-electron chi connectivity index (χ0n) is 14.1. The second kappa shape index (κ2) is 8.11. The molecule has 0 saturated carbocycles. The summed E-state index contributed by atoms with van der Waals surface area (Å²) >= 11 is 0. The maximum Gasteiger partial charge on any atom is 0.220 e. The van der Waals surface area contributed by atoms with E-state index in [0.29, 0.717) is 19.4 Å². The number of aliphatic hydroxyl groups is 1. The van der Waals surface area contributed by atoms with Crippen LogP contribution in [-0.2, 0) is 11.2 Å². The molecule has 2 N–H and O–H groups in total. The van der Waals surface area contributed by atoms with E-state index in [2.05, 4.69) is 49.5 Å². The Morgan fingerprint density at radius 2 is 1.87 bits per heavy atom. The number of carbonyl (C=O) groups is 1. The highest BCUT2D eigenvalue weighted by Gasteiger charge is 2.17. The molecule has 0 bridgehead atoms. The number of fused-ring (bicyclic) bond motifs is 1. The molecule has 124 valence electrons. The van der Waals surface area contributed by atoms with Crippen LogP contribution < -0.4 is 5.32 Å². The van der Waals surface area contributed by atoms with Crippen molar-refractivity contribution in [2.75, 3.05) is 13.2 Å². The Bertz CT molecular complexity index is 649. The third-order valence-corrected chi connectivity index (χ3v) is 4.24. The number of hydrogen-bond acceptors (Lipinski definition) is 2. The van der Waals surface area contributed by atoms with E-state index in [1.165, 1.54) is 16.3 Å². The van der Waals surface area contributed by atoms with Crippen molar-refractivity contribution in [3.8, 4) is 0 Å². The fraction of sp³-hybridized carbons (Fsp3) is 0.450. The van der Waals surface area contributed by atoms with Crippen LogP contribution >= 0.6 is 0 Å². The van der Waals surface area contributed by atoms with E-state index < -0.39 is 0 Å². The van der Waals surface area contributed by atoms with Crippen LogP contribution in [0.4, 0.5) is 0 Å². The van der Waals surface area contributed by atoms with E-state index in [9.17, 15) is 4.79 Å². The number of benzene rings is 2. The first kappa shape index (κ1) is 17.5. The quantitative estimate of drug-likeness (QED) is 0.781. The van der Waals surface area contributed by atoms with E-state index >= 15 is 0 Å². The summed E-state index contributed by atoms with van der Waals surface area (Å²) in [4.78, 5) is 11.9. The van der Waals surface area contributed by atoms with Gasteiger partial charge < -0.3 is 10.4 Å². The van der Waals surface area contributed by atoms with Crippen molar-refractivity contribution in [2.45, 2.75) is 39.5 Å². The van der Waals surface area contributed by atoms with Crippen LogP contribution in [0.5, 0.6) is 0 Å². The van der Waals surface area contributed by atoms with Crippen molar-refractivity contribution in [2.24, 2.45) is 5.41 Å². The number of hydrogen-bond donors (Lipinski definition) is 2. The Hall–Kier alpha value is -1.87. The van der Waals surface area contributed by atoms with E-state index in [0.717, 1.165) is 12.8 Å². The van der Waals surface area contributed by atoms with Crippen molar-refractivity contribution < 1.29 is 9.90 Å². The fourth-order valence-electron chi connectivity index (χ4n) is 2.66. The molecule has 0 aliphatic heterocycles. The van der Waals surface area contributed by atoms with Crippen LogP contribution in [0.2, 0.25) is 0 Å². The molecular weight excluding hydrogens is 286 g/mol. The molecule has 23 heavy (non-hydrogen) atoms. The molecule has 0 spiro atoms. The topological polar surface area (TPSA) is 49.3 Å². The van der Waals surface area contributed by atoms with Crippen molar-refractivity contribution in [1.29, 1.82) is 0 Å². The number of aryl methyl sites for hydroxylation is 1. The van der Waals surface area contributed by atoms with Gasteiger partial charge in [-0.25, -0.2) is 0 Å². The molecule has 0 aliphatic rings. The molecule has 0 atom stereocenters. The monoisotopic (exact) mass is 313 g/mol. The third-order valence-electron chi connectivity index (χ3n) is 4.24. The molecular formula is C20H27NO2. The highest BCUT2D eigenvalue weighted by Crippen LogP contribution is 2.19. The van der Waals surface area contributed by atoms with Gasteiger partial charge in [-0.3, -0.25) is 4.79 Å². The summed E-state index contributed by atoms with van der Waals surface area (Å²) in [6, 6.07) is 14.8. The number of carbonyl (C=O) groups excluding carboxylic acids is 1. The minimum absolute atomic E-state index is 0.0528. The zero-order valence-corrected chi connectivity index (χ0v) is 14.1. The van der Waals surface area contributed by atoms with Crippen molar-refractivity contribution in [3.05, 3.63) is 48.0 Å². The number of rotatable bonds is 8. The summed E-state index contributed by atoms with van der Waals surface area (Å²) in [5.74, 6) is 0.0943. The average molecular weight is 313 g/mol. The molecule has 3 nitrogen and oxygen atoms in total.